The number of carbonyl (C=O) groups excluding carboxylic acids is 1. The number of thiophene rings is 1. The van der Waals surface area contributed by atoms with Crippen LogP contribution in [-0.2, 0) is 11.3 Å². The van der Waals surface area contributed by atoms with Gasteiger partial charge in [0.2, 0.25) is 0 Å². The van der Waals surface area contributed by atoms with Crippen molar-refractivity contribution in [3.05, 3.63) is 51.9 Å². The van der Waals surface area contributed by atoms with Crippen molar-refractivity contribution in [2.24, 2.45) is 0 Å². The van der Waals surface area contributed by atoms with Crippen molar-refractivity contribution in [3.8, 4) is 0 Å². The highest BCUT2D eigenvalue weighted by atomic mass is 32.1. The van der Waals surface area contributed by atoms with Crippen molar-refractivity contribution in [1.82, 2.24) is 0 Å². The lowest BCUT2D eigenvalue weighted by atomic mass is 10.1. The molecule has 1 atom stereocenters. The fourth-order valence-corrected chi connectivity index (χ4v) is 5.19. The van der Waals surface area contributed by atoms with Crippen molar-refractivity contribution in [1.29, 1.82) is 0 Å². The molecule has 144 valence electrons. The van der Waals surface area contributed by atoms with Gasteiger partial charge in [-0.25, -0.2) is 0 Å². The molecular weight excluding hydrogens is 358 g/mol. The second kappa shape index (κ2) is 8.10. The summed E-state index contributed by atoms with van der Waals surface area (Å²) >= 11 is 1.77. The first kappa shape index (κ1) is 18.6. The molecule has 1 fully saturated rings. The molecule has 2 aromatic rings. The Hall–Kier alpha value is -1.73. The molecule has 4 rings (SSSR count). The molecule has 1 aromatic carbocycles. The number of morpholine rings is 1. The average Bonchev–Trinajstić information content (AvgIpc) is 3.01. The molecular formula is C21H29N3O2S+2. The number of hydrogen-bond acceptors (Lipinski definition) is 3. The summed E-state index contributed by atoms with van der Waals surface area (Å²) in [7, 11) is 0. The summed E-state index contributed by atoms with van der Waals surface area (Å²) in [5.74, 6) is 0.119. The Morgan fingerprint density at radius 2 is 1.81 bits per heavy atom. The molecule has 1 unspecified atom stereocenters. The molecule has 3 heterocycles. The molecule has 2 N–H and O–H groups in total. The standard InChI is InChI=1S/C21H27N3O2S/c1-16-17(2)27-21-19(16)14-23(9-8-22-10-12-26-13-11-22)15-24(21)20(25)18-6-4-3-5-7-18/h3-7H,8-15H2,1-2H3/p+2. The third-order valence-electron chi connectivity index (χ3n) is 5.84. The number of amides is 1. The zero-order chi connectivity index (χ0) is 18.8. The van der Waals surface area contributed by atoms with Crippen LogP contribution in [0.3, 0.4) is 0 Å². The van der Waals surface area contributed by atoms with Gasteiger partial charge in [0.05, 0.1) is 13.2 Å². The smallest absolute Gasteiger partial charge is 0.263 e. The van der Waals surface area contributed by atoms with Crippen molar-refractivity contribution >= 4 is 22.2 Å². The normalized spacial score (nSPS) is 20.5. The van der Waals surface area contributed by atoms with Gasteiger partial charge in [-0.1, -0.05) is 18.2 Å². The third-order valence-corrected chi connectivity index (χ3v) is 7.11. The fourth-order valence-electron chi connectivity index (χ4n) is 4.02. The quantitative estimate of drug-likeness (QED) is 0.791. The first-order valence-electron chi connectivity index (χ1n) is 9.84. The van der Waals surface area contributed by atoms with Crippen LogP contribution in [0.1, 0.15) is 26.4 Å². The number of fused-ring (bicyclic) bond motifs is 1. The number of nitrogens with one attached hydrogen (secondary N) is 2. The van der Waals surface area contributed by atoms with Crippen LogP contribution in [-0.4, -0.2) is 52.0 Å². The predicted octanol–water partition coefficient (Wildman–Crippen LogP) is 0.283. The summed E-state index contributed by atoms with van der Waals surface area (Å²) < 4.78 is 5.47. The van der Waals surface area contributed by atoms with Gasteiger partial charge in [0.15, 0.2) is 6.67 Å². The van der Waals surface area contributed by atoms with E-state index in [9.17, 15) is 4.79 Å². The van der Waals surface area contributed by atoms with Crippen molar-refractivity contribution in [2.75, 3.05) is 51.0 Å². The van der Waals surface area contributed by atoms with Crippen LogP contribution in [0.5, 0.6) is 0 Å². The number of carbonyl (C=O) groups is 1. The minimum atomic E-state index is 0.119. The van der Waals surface area contributed by atoms with Gasteiger partial charge in [-0.15, -0.1) is 11.3 Å². The summed E-state index contributed by atoms with van der Waals surface area (Å²) in [4.78, 5) is 19.7. The minimum absolute atomic E-state index is 0.119. The number of aryl methyl sites for hydroxylation is 1. The van der Waals surface area contributed by atoms with E-state index in [1.807, 2.05) is 35.2 Å². The summed E-state index contributed by atoms with van der Waals surface area (Å²) in [5, 5.41) is 1.15. The number of quaternary nitrogens is 2. The van der Waals surface area contributed by atoms with Crippen molar-refractivity contribution in [2.45, 2.75) is 20.4 Å². The van der Waals surface area contributed by atoms with E-state index in [1.54, 1.807) is 16.2 Å². The van der Waals surface area contributed by atoms with E-state index in [-0.39, 0.29) is 5.91 Å². The Kier molecular flexibility index (Phi) is 5.59. The lowest BCUT2D eigenvalue weighted by molar-refractivity contribution is -0.967. The Bertz CT molecular complexity index is 799. The van der Waals surface area contributed by atoms with E-state index in [1.165, 1.54) is 20.9 Å². The van der Waals surface area contributed by atoms with Crippen molar-refractivity contribution < 1.29 is 19.3 Å². The molecule has 0 bridgehead atoms. The zero-order valence-electron chi connectivity index (χ0n) is 16.2. The number of hydrogen-bond donors (Lipinski definition) is 2. The maximum Gasteiger partial charge on any atom is 0.263 e. The molecule has 0 radical (unpaired) electrons. The van der Waals surface area contributed by atoms with E-state index >= 15 is 0 Å². The molecule has 0 spiro atoms. The number of rotatable bonds is 4. The number of ether oxygens (including phenoxy) is 1. The van der Waals surface area contributed by atoms with Crippen molar-refractivity contribution in [3.63, 3.8) is 0 Å². The maximum atomic E-state index is 13.2. The third kappa shape index (κ3) is 3.94. The highest BCUT2D eigenvalue weighted by Gasteiger charge is 2.34. The van der Waals surface area contributed by atoms with Gasteiger partial charge in [0.25, 0.3) is 5.91 Å². The highest BCUT2D eigenvalue weighted by Crippen LogP contribution is 2.36. The van der Waals surface area contributed by atoms with Crippen LogP contribution >= 0.6 is 11.3 Å². The molecule has 1 aromatic heterocycles. The Labute approximate surface area is 165 Å². The Morgan fingerprint density at radius 3 is 2.56 bits per heavy atom. The molecule has 2 aliphatic heterocycles. The molecule has 1 amide bonds. The summed E-state index contributed by atoms with van der Waals surface area (Å²) in [5.41, 5.74) is 3.49. The van der Waals surface area contributed by atoms with Gasteiger partial charge in [-0.2, -0.15) is 0 Å². The van der Waals surface area contributed by atoms with Crippen LogP contribution in [0, 0.1) is 13.8 Å². The first-order valence-corrected chi connectivity index (χ1v) is 10.7. The molecule has 2 aliphatic rings. The topological polar surface area (TPSA) is 38.4 Å². The van der Waals surface area contributed by atoms with Crippen LogP contribution in [0.2, 0.25) is 0 Å². The van der Waals surface area contributed by atoms with Gasteiger partial charge < -0.3 is 14.5 Å². The van der Waals surface area contributed by atoms with Gasteiger partial charge in [-0.05, 0) is 31.5 Å². The molecule has 1 saturated heterocycles. The largest absolute Gasteiger partial charge is 0.370 e. The maximum absolute atomic E-state index is 13.2. The van der Waals surface area contributed by atoms with Crippen LogP contribution in [0.4, 0.5) is 5.00 Å². The lowest BCUT2D eigenvalue weighted by Crippen LogP contribution is -3.21. The number of nitrogens with zero attached hydrogens (tertiary/aromatic N) is 1. The summed E-state index contributed by atoms with van der Waals surface area (Å²) in [6.45, 7) is 12.3. The molecule has 0 aliphatic carbocycles. The van der Waals surface area contributed by atoms with E-state index in [0.717, 1.165) is 63.2 Å². The van der Waals surface area contributed by atoms with Crippen LogP contribution < -0.4 is 14.7 Å². The van der Waals surface area contributed by atoms with Crippen LogP contribution in [0.25, 0.3) is 0 Å². The fraction of sp³-hybridized carbons (Fsp3) is 0.476. The summed E-state index contributed by atoms with van der Waals surface area (Å²) in [6.07, 6.45) is 0. The zero-order valence-corrected chi connectivity index (χ0v) is 17.0. The molecule has 5 nitrogen and oxygen atoms in total. The van der Waals surface area contributed by atoms with E-state index in [4.69, 9.17) is 4.74 Å². The lowest BCUT2D eigenvalue weighted by Gasteiger charge is -2.34. The van der Waals surface area contributed by atoms with Gasteiger partial charge in [0, 0.05) is 16.0 Å². The molecule has 27 heavy (non-hydrogen) atoms. The predicted molar refractivity (Wildman–Crippen MR) is 108 cm³/mol. The molecule has 0 saturated carbocycles. The van der Waals surface area contributed by atoms with Crippen LogP contribution in [0.15, 0.2) is 30.3 Å². The van der Waals surface area contributed by atoms with E-state index < -0.39 is 0 Å². The highest BCUT2D eigenvalue weighted by molar-refractivity contribution is 7.16. The van der Waals surface area contributed by atoms with Gasteiger partial charge in [-0.3, -0.25) is 9.69 Å². The Balaban J connectivity index is 1.54. The second-order valence-electron chi connectivity index (χ2n) is 7.61. The summed E-state index contributed by atoms with van der Waals surface area (Å²) in [6, 6.07) is 9.67. The minimum Gasteiger partial charge on any atom is -0.370 e. The average molecular weight is 388 g/mol. The Morgan fingerprint density at radius 1 is 1.11 bits per heavy atom. The molecule has 6 heteroatoms. The van der Waals surface area contributed by atoms with E-state index in [0.29, 0.717) is 0 Å². The number of anilines is 1. The SMILES string of the molecule is Cc1sc2c(c1C)C[NH+](CC[NH+]1CCOCC1)CN2C(=O)c1ccccc1. The number of benzene rings is 1. The van der Waals surface area contributed by atoms with E-state index in [2.05, 4.69) is 13.8 Å². The van der Waals surface area contributed by atoms with Gasteiger partial charge in [0.1, 0.15) is 37.7 Å². The van der Waals surface area contributed by atoms with Gasteiger partial charge >= 0.3 is 0 Å². The first-order chi connectivity index (χ1) is 13.1. The monoisotopic (exact) mass is 387 g/mol. The second-order valence-corrected chi connectivity index (χ2v) is 8.82.